The van der Waals surface area contributed by atoms with E-state index < -0.39 is 29.3 Å². The van der Waals surface area contributed by atoms with Crippen LogP contribution in [-0.2, 0) is 44.1 Å². The summed E-state index contributed by atoms with van der Waals surface area (Å²) < 4.78 is 52.6. The summed E-state index contributed by atoms with van der Waals surface area (Å²) in [6, 6.07) is 10.2. The summed E-state index contributed by atoms with van der Waals surface area (Å²) in [6.07, 6.45) is 1.37. The molecule has 47 heavy (non-hydrogen) atoms. The van der Waals surface area contributed by atoms with Crippen LogP contribution < -0.4 is 4.90 Å². The molecule has 3 aliphatic rings. The first-order valence-electron chi connectivity index (χ1n) is 15.8. The fraction of sp³-hybridized carbons (Fsp3) is 0.441. The van der Waals surface area contributed by atoms with Crippen LogP contribution in [0.25, 0.3) is 0 Å². The fourth-order valence-corrected chi connectivity index (χ4v) is 6.86. The van der Waals surface area contributed by atoms with Crippen LogP contribution in [0.4, 0.5) is 23.7 Å². The standard InChI is InChI=1S/C34H36F3N7O3/c1-33(2,3)47-32(46)42-16-23-14-39-44(28(23)18-42)15-20-11-25-26(27(12-20)34(35,36)37)17-43(31(25)45)24-10-6-9-22(13-24)29(21-7-5-8-21)30-40-38-19-41(30)4/h6,9-14,19,21,29H,5,7-8,15-18H2,1-4H3/t29-/m1/s1. The number of halogens is 3. The highest BCUT2D eigenvalue weighted by Crippen LogP contribution is 2.44. The Balaban J connectivity index is 1.17. The summed E-state index contributed by atoms with van der Waals surface area (Å²) in [5.74, 6) is 0.686. The van der Waals surface area contributed by atoms with Gasteiger partial charge in [-0.2, -0.15) is 18.3 Å². The molecule has 13 heteroatoms. The molecule has 0 spiro atoms. The average Bonchev–Trinajstić information content (AvgIpc) is 3.74. The summed E-state index contributed by atoms with van der Waals surface area (Å²) in [6.45, 7) is 5.70. The third-order valence-electron chi connectivity index (χ3n) is 9.31. The van der Waals surface area contributed by atoms with E-state index in [9.17, 15) is 22.8 Å². The molecular weight excluding hydrogens is 611 g/mol. The van der Waals surface area contributed by atoms with Crippen LogP contribution in [0.1, 0.15) is 95.6 Å². The van der Waals surface area contributed by atoms with E-state index in [0.717, 1.165) is 48.0 Å². The second kappa shape index (κ2) is 11.2. The number of rotatable bonds is 6. The molecule has 2 aromatic carbocycles. The van der Waals surface area contributed by atoms with Crippen LogP contribution >= 0.6 is 0 Å². The molecule has 1 atom stereocenters. The monoisotopic (exact) mass is 647 g/mol. The Morgan fingerprint density at radius 2 is 1.87 bits per heavy atom. The molecule has 1 fully saturated rings. The molecule has 2 aliphatic heterocycles. The smallest absolute Gasteiger partial charge is 0.416 e. The summed E-state index contributed by atoms with van der Waals surface area (Å²) in [7, 11) is 1.90. The first-order valence-corrected chi connectivity index (χ1v) is 15.8. The Bertz CT molecular complexity index is 1870. The Hall–Kier alpha value is -4.68. The minimum Gasteiger partial charge on any atom is -0.444 e. The summed E-state index contributed by atoms with van der Waals surface area (Å²) in [5.41, 5.74) is 1.82. The Morgan fingerprint density at radius 1 is 1.09 bits per heavy atom. The van der Waals surface area contributed by atoms with Crippen LogP contribution in [0, 0.1) is 5.92 Å². The number of nitrogens with zero attached hydrogens (tertiary/aromatic N) is 7. The predicted molar refractivity (Wildman–Crippen MR) is 165 cm³/mol. The number of carbonyl (C=O) groups excluding carboxylic acids is 2. The predicted octanol–water partition coefficient (Wildman–Crippen LogP) is 6.42. The molecule has 1 aliphatic carbocycles. The number of amides is 2. The molecule has 2 amide bonds. The number of hydrogen-bond acceptors (Lipinski definition) is 6. The lowest BCUT2D eigenvalue weighted by molar-refractivity contribution is -0.138. The van der Waals surface area contributed by atoms with Gasteiger partial charge in [-0.05, 0) is 80.5 Å². The molecule has 4 heterocycles. The van der Waals surface area contributed by atoms with E-state index >= 15 is 0 Å². The second-order valence-electron chi connectivity index (χ2n) is 13.7. The van der Waals surface area contributed by atoms with Gasteiger partial charge in [-0.15, -0.1) is 10.2 Å². The van der Waals surface area contributed by atoms with E-state index in [1.165, 1.54) is 9.80 Å². The van der Waals surface area contributed by atoms with Gasteiger partial charge in [-0.25, -0.2) is 4.79 Å². The van der Waals surface area contributed by atoms with Crippen molar-refractivity contribution in [3.8, 4) is 0 Å². The zero-order chi connectivity index (χ0) is 33.2. The highest BCUT2D eigenvalue weighted by molar-refractivity contribution is 6.10. The largest absolute Gasteiger partial charge is 0.444 e. The number of benzene rings is 2. The van der Waals surface area contributed by atoms with Gasteiger partial charge in [0.15, 0.2) is 0 Å². The Kier molecular flexibility index (Phi) is 7.40. The number of carbonyl (C=O) groups is 2. The fourth-order valence-electron chi connectivity index (χ4n) is 6.86. The third-order valence-corrected chi connectivity index (χ3v) is 9.31. The molecular formula is C34H36F3N7O3. The van der Waals surface area contributed by atoms with Crippen molar-refractivity contribution in [1.29, 1.82) is 0 Å². The quantitative estimate of drug-likeness (QED) is 0.240. The van der Waals surface area contributed by atoms with Gasteiger partial charge < -0.3 is 14.2 Å². The molecule has 0 saturated heterocycles. The van der Waals surface area contributed by atoms with Crippen molar-refractivity contribution in [3.63, 3.8) is 0 Å². The van der Waals surface area contributed by atoms with E-state index in [1.54, 1.807) is 50.1 Å². The maximum absolute atomic E-state index is 14.5. The number of aromatic nitrogens is 5. The number of alkyl halides is 3. The first-order chi connectivity index (χ1) is 22.3. The van der Waals surface area contributed by atoms with E-state index in [2.05, 4.69) is 15.3 Å². The van der Waals surface area contributed by atoms with Crippen LogP contribution in [0.3, 0.4) is 0 Å². The van der Waals surface area contributed by atoms with Gasteiger partial charge in [0.1, 0.15) is 17.8 Å². The van der Waals surface area contributed by atoms with Gasteiger partial charge in [0.25, 0.3) is 5.91 Å². The number of hydrogen-bond donors (Lipinski definition) is 0. The van der Waals surface area contributed by atoms with Crippen LogP contribution in [0.15, 0.2) is 48.9 Å². The van der Waals surface area contributed by atoms with Crippen molar-refractivity contribution < 1.29 is 27.5 Å². The van der Waals surface area contributed by atoms with Crippen molar-refractivity contribution in [2.45, 2.75) is 83.9 Å². The van der Waals surface area contributed by atoms with Crippen LogP contribution in [0.2, 0.25) is 0 Å². The topological polar surface area (TPSA) is 98.4 Å². The van der Waals surface area contributed by atoms with E-state index in [-0.39, 0.29) is 36.7 Å². The molecule has 1 saturated carbocycles. The number of anilines is 1. The van der Waals surface area contributed by atoms with Crippen molar-refractivity contribution in [2.75, 3.05) is 4.90 Å². The highest BCUT2D eigenvalue weighted by atomic mass is 19.4. The van der Waals surface area contributed by atoms with Crippen LogP contribution in [0.5, 0.6) is 0 Å². The Labute approximate surface area is 270 Å². The van der Waals surface area contributed by atoms with Crippen molar-refractivity contribution in [3.05, 3.63) is 93.8 Å². The van der Waals surface area contributed by atoms with Crippen molar-refractivity contribution in [1.82, 2.24) is 29.4 Å². The molecule has 246 valence electrons. The van der Waals surface area contributed by atoms with Gasteiger partial charge in [0, 0.05) is 29.8 Å². The van der Waals surface area contributed by atoms with Gasteiger partial charge in [-0.3, -0.25) is 14.4 Å². The van der Waals surface area contributed by atoms with Crippen molar-refractivity contribution in [2.24, 2.45) is 13.0 Å². The number of fused-ring (bicyclic) bond motifs is 2. The Morgan fingerprint density at radius 3 is 2.53 bits per heavy atom. The van der Waals surface area contributed by atoms with E-state index in [0.29, 0.717) is 23.7 Å². The second-order valence-corrected chi connectivity index (χ2v) is 13.7. The lowest BCUT2D eigenvalue weighted by Gasteiger charge is -2.33. The van der Waals surface area contributed by atoms with Crippen molar-refractivity contribution >= 4 is 17.7 Å². The molecule has 4 aromatic rings. The lowest BCUT2D eigenvalue weighted by Crippen LogP contribution is -2.33. The van der Waals surface area contributed by atoms with Gasteiger partial charge in [0.05, 0.1) is 43.6 Å². The van der Waals surface area contributed by atoms with E-state index in [1.807, 2.05) is 29.8 Å². The number of aryl methyl sites for hydroxylation is 1. The van der Waals surface area contributed by atoms with Gasteiger partial charge in [-0.1, -0.05) is 18.6 Å². The summed E-state index contributed by atoms with van der Waals surface area (Å²) >= 11 is 0. The minimum absolute atomic E-state index is 0.0113. The van der Waals surface area contributed by atoms with Gasteiger partial charge in [0.2, 0.25) is 0 Å². The maximum atomic E-state index is 14.5. The molecule has 0 unspecified atom stereocenters. The third kappa shape index (κ3) is 5.76. The van der Waals surface area contributed by atoms with E-state index in [4.69, 9.17) is 4.74 Å². The SMILES string of the molecule is Cn1cnnc1[C@@H](c1cccc(N2Cc3c(cc(Cn4ncc5c4CN(C(=O)OC(C)(C)C)C5)cc3C(F)(F)F)C2=O)c1)C1CCC1. The molecule has 0 N–H and O–H groups in total. The summed E-state index contributed by atoms with van der Waals surface area (Å²) in [5, 5.41) is 12.8. The van der Waals surface area contributed by atoms with Gasteiger partial charge >= 0.3 is 12.3 Å². The zero-order valence-corrected chi connectivity index (χ0v) is 26.7. The first kappa shape index (κ1) is 30.9. The molecule has 0 bridgehead atoms. The summed E-state index contributed by atoms with van der Waals surface area (Å²) in [4.78, 5) is 29.5. The lowest BCUT2D eigenvalue weighted by atomic mass is 9.72. The number of ether oxygens (including phenoxy) is 1. The molecule has 10 nitrogen and oxygen atoms in total. The molecule has 2 aromatic heterocycles. The highest BCUT2D eigenvalue weighted by Gasteiger charge is 2.41. The molecule has 7 rings (SSSR count). The maximum Gasteiger partial charge on any atom is 0.416 e. The molecule has 0 radical (unpaired) electrons. The minimum atomic E-state index is -4.67. The average molecular weight is 648 g/mol. The zero-order valence-electron chi connectivity index (χ0n) is 26.7. The van der Waals surface area contributed by atoms with Crippen LogP contribution in [-0.4, -0.2) is 47.0 Å². The normalized spacial score (nSPS) is 17.1.